The van der Waals surface area contributed by atoms with E-state index >= 15 is 0 Å². The molecule has 0 unspecified atom stereocenters. The summed E-state index contributed by atoms with van der Waals surface area (Å²) in [7, 11) is 0. The van der Waals surface area contributed by atoms with Crippen molar-refractivity contribution in [2.45, 2.75) is 25.2 Å². The van der Waals surface area contributed by atoms with Gasteiger partial charge in [-0.2, -0.15) is 0 Å². The van der Waals surface area contributed by atoms with E-state index < -0.39 is 5.92 Å². The molecule has 16 heavy (non-hydrogen) atoms. The van der Waals surface area contributed by atoms with Crippen LogP contribution in [0, 0.1) is 5.92 Å². The largest absolute Gasteiger partial charge is 0.325 e. The lowest BCUT2D eigenvalue weighted by Crippen LogP contribution is -2.37. The predicted molar refractivity (Wildman–Crippen MR) is 55.2 cm³/mol. The van der Waals surface area contributed by atoms with Crippen molar-refractivity contribution in [3.63, 3.8) is 0 Å². The van der Waals surface area contributed by atoms with Crippen molar-refractivity contribution in [2.24, 2.45) is 5.92 Å². The summed E-state index contributed by atoms with van der Waals surface area (Å²) in [5.41, 5.74) is 0.596. The number of carbonyl (C=O) groups excluding carboxylic acids is 1. The van der Waals surface area contributed by atoms with E-state index in [1.807, 2.05) is 0 Å². The van der Waals surface area contributed by atoms with Gasteiger partial charge in [-0.1, -0.05) is 0 Å². The third-order valence-electron chi connectivity index (χ3n) is 2.59. The third kappa shape index (κ3) is 2.74. The monoisotopic (exact) mass is 226 g/mol. The predicted octanol–water partition coefficient (Wildman–Crippen LogP) is 2.46. The van der Waals surface area contributed by atoms with Gasteiger partial charge in [-0.15, -0.1) is 0 Å². The van der Waals surface area contributed by atoms with Crippen molar-refractivity contribution in [3.8, 4) is 0 Å². The maximum absolute atomic E-state index is 12.5. The Morgan fingerprint density at radius 2 is 2.31 bits per heavy atom. The first-order valence-electron chi connectivity index (χ1n) is 5.13. The van der Waals surface area contributed by atoms with Crippen LogP contribution >= 0.6 is 0 Å². The molecular weight excluding hydrogens is 214 g/mol. The summed E-state index contributed by atoms with van der Waals surface area (Å²) in [5, 5.41) is 2.62. The highest BCUT2D eigenvalue weighted by Crippen LogP contribution is 2.44. The Morgan fingerprint density at radius 1 is 1.56 bits per heavy atom. The minimum atomic E-state index is -2.56. The van der Waals surface area contributed by atoms with Gasteiger partial charge in [-0.05, 0) is 18.1 Å². The van der Waals surface area contributed by atoms with Crippen LogP contribution in [0.1, 0.15) is 19.3 Å². The molecule has 1 aliphatic rings. The number of hydrogen-bond donors (Lipinski definition) is 1. The second-order valence-corrected chi connectivity index (χ2v) is 4.12. The second-order valence-electron chi connectivity index (χ2n) is 4.12. The zero-order chi connectivity index (χ0) is 11.6. The van der Waals surface area contributed by atoms with Crippen LogP contribution in [0.3, 0.4) is 0 Å². The maximum Gasteiger partial charge on any atom is 0.248 e. The molecule has 1 fully saturated rings. The molecule has 2 rings (SSSR count). The average Bonchev–Trinajstić information content (AvgIpc) is 2.16. The molecule has 5 heteroatoms. The molecule has 1 aliphatic carbocycles. The van der Waals surface area contributed by atoms with Crippen LogP contribution in [0.2, 0.25) is 0 Å². The van der Waals surface area contributed by atoms with E-state index in [1.165, 1.54) is 6.20 Å². The van der Waals surface area contributed by atoms with Crippen LogP contribution in [0.25, 0.3) is 0 Å². The zero-order valence-electron chi connectivity index (χ0n) is 8.62. The first kappa shape index (κ1) is 11.0. The maximum atomic E-state index is 12.5. The van der Waals surface area contributed by atoms with Crippen molar-refractivity contribution < 1.29 is 13.6 Å². The number of amides is 1. The topological polar surface area (TPSA) is 42.0 Å². The van der Waals surface area contributed by atoms with E-state index in [-0.39, 0.29) is 31.1 Å². The smallest absolute Gasteiger partial charge is 0.248 e. The number of aromatic nitrogens is 1. The summed E-state index contributed by atoms with van der Waals surface area (Å²) in [4.78, 5) is 15.3. The van der Waals surface area contributed by atoms with Crippen LogP contribution in [-0.2, 0) is 4.79 Å². The van der Waals surface area contributed by atoms with Crippen molar-refractivity contribution in [3.05, 3.63) is 24.5 Å². The van der Waals surface area contributed by atoms with Crippen LogP contribution < -0.4 is 5.32 Å². The fourth-order valence-corrected chi connectivity index (χ4v) is 1.84. The molecule has 1 aromatic rings. The zero-order valence-corrected chi connectivity index (χ0v) is 8.62. The molecule has 0 aromatic carbocycles. The van der Waals surface area contributed by atoms with Crippen molar-refractivity contribution in [1.29, 1.82) is 0 Å². The number of alkyl halides is 2. The fraction of sp³-hybridized carbons (Fsp3) is 0.455. The van der Waals surface area contributed by atoms with E-state index in [9.17, 15) is 13.6 Å². The Hall–Kier alpha value is -1.52. The van der Waals surface area contributed by atoms with Gasteiger partial charge in [0.2, 0.25) is 11.8 Å². The van der Waals surface area contributed by atoms with Crippen LogP contribution in [-0.4, -0.2) is 16.8 Å². The molecule has 0 bridgehead atoms. The molecular formula is C11H12F2N2O. The molecule has 1 amide bonds. The van der Waals surface area contributed by atoms with Gasteiger partial charge in [0.25, 0.3) is 0 Å². The number of anilines is 1. The summed E-state index contributed by atoms with van der Waals surface area (Å²) >= 11 is 0. The third-order valence-corrected chi connectivity index (χ3v) is 2.59. The van der Waals surface area contributed by atoms with E-state index in [2.05, 4.69) is 10.3 Å². The number of rotatable bonds is 3. The number of pyridine rings is 1. The van der Waals surface area contributed by atoms with Crippen molar-refractivity contribution in [1.82, 2.24) is 4.98 Å². The number of hydrogen-bond acceptors (Lipinski definition) is 2. The molecule has 1 N–H and O–H groups in total. The molecule has 0 atom stereocenters. The summed E-state index contributed by atoms with van der Waals surface area (Å²) < 4.78 is 25.0. The van der Waals surface area contributed by atoms with Crippen molar-refractivity contribution >= 4 is 11.6 Å². The van der Waals surface area contributed by atoms with Gasteiger partial charge in [-0.25, -0.2) is 8.78 Å². The summed E-state index contributed by atoms with van der Waals surface area (Å²) in [6, 6.07) is 3.41. The molecule has 0 aliphatic heterocycles. The van der Waals surface area contributed by atoms with Crippen LogP contribution in [0.5, 0.6) is 0 Å². The Labute approximate surface area is 91.9 Å². The minimum Gasteiger partial charge on any atom is -0.325 e. The highest BCUT2D eigenvalue weighted by Gasteiger charge is 2.45. The van der Waals surface area contributed by atoms with Gasteiger partial charge < -0.3 is 5.32 Å². The summed E-state index contributed by atoms with van der Waals surface area (Å²) in [6.45, 7) is 0. The highest BCUT2D eigenvalue weighted by molar-refractivity contribution is 5.90. The molecule has 1 heterocycles. The van der Waals surface area contributed by atoms with Gasteiger partial charge >= 0.3 is 0 Å². The average molecular weight is 226 g/mol. The highest BCUT2D eigenvalue weighted by atomic mass is 19.3. The molecule has 0 saturated heterocycles. The van der Waals surface area contributed by atoms with E-state index in [1.54, 1.807) is 18.3 Å². The molecule has 3 nitrogen and oxygen atoms in total. The van der Waals surface area contributed by atoms with Gasteiger partial charge in [0.1, 0.15) is 0 Å². The Morgan fingerprint density at radius 3 is 2.88 bits per heavy atom. The lowest BCUT2D eigenvalue weighted by Gasteiger charge is -2.34. The number of nitrogens with zero attached hydrogens (tertiary/aromatic N) is 1. The standard InChI is InChI=1S/C11H12F2N2O/c12-11(13)5-8(6-11)4-10(16)15-9-2-1-3-14-7-9/h1-3,7-8H,4-6H2,(H,15,16). The first-order chi connectivity index (χ1) is 7.55. The molecule has 0 radical (unpaired) electrons. The molecule has 86 valence electrons. The van der Waals surface area contributed by atoms with Gasteiger partial charge in [0, 0.05) is 25.5 Å². The van der Waals surface area contributed by atoms with Gasteiger partial charge in [-0.3, -0.25) is 9.78 Å². The van der Waals surface area contributed by atoms with E-state index in [0.717, 1.165) is 0 Å². The minimum absolute atomic E-state index is 0.157. The molecule has 1 saturated carbocycles. The first-order valence-corrected chi connectivity index (χ1v) is 5.13. The number of nitrogens with one attached hydrogen (secondary N) is 1. The van der Waals surface area contributed by atoms with E-state index in [0.29, 0.717) is 5.69 Å². The molecule has 1 aromatic heterocycles. The molecule has 0 spiro atoms. The van der Waals surface area contributed by atoms with Crippen LogP contribution in [0.15, 0.2) is 24.5 Å². The lowest BCUT2D eigenvalue weighted by molar-refractivity contribution is -0.129. The second kappa shape index (κ2) is 4.15. The lowest BCUT2D eigenvalue weighted by atomic mass is 9.79. The SMILES string of the molecule is O=C(CC1CC(F)(F)C1)Nc1cccnc1. The quantitative estimate of drug-likeness (QED) is 0.860. The number of carbonyl (C=O) groups is 1. The van der Waals surface area contributed by atoms with Gasteiger partial charge in [0.05, 0.1) is 11.9 Å². The van der Waals surface area contributed by atoms with Gasteiger partial charge in [0.15, 0.2) is 0 Å². The summed E-state index contributed by atoms with van der Waals surface area (Å²) in [6.07, 6.45) is 2.93. The Bertz CT molecular complexity index is 373. The Balaban J connectivity index is 1.78. The summed E-state index contributed by atoms with van der Waals surface area (Å²) in [5.74, 6) is -2.97. The normalized spacial score (nSPS) is 18.9. The number of halogens is 2. The van der Waals surface area contributed by atoms with Crippen LogP contribution in [0.4, 0.5) is 14.5 Å². The fourth-order valence-electron chi connectivity index (χ4n) is 1.84. The Kier molecular flexibility index (Phi) is 2.85. The van der Waals surface area contributed by atoms with Crippen molar-refractivity contribution in [2.75, 3.05) is 5.32 Å². The van der Waals surface area contributed by atoms with E-state index in [4.69, 9.17) is 0 Å².